The van der Waals surface area contributed by atoms with Gasteiger partial charge in [0.1, 0.15) is 0 Å². The molecule has 0 aromatic rings. The lowest BCUT2D eigenvalue weighted by molar-refractivity contribution is 0.146. The number of nitrogens with zero attached hydrogens (tertiary/aromatic N) is 1. The first-order valence-electron chi connectivity index (χ1n) is 6.14. The van der Waals surface area contributed by atoms with Gasteiger partial charge in [-0.25, -0.2) is 0 Å². The molecule has 0 radical (unpaired) electrons. The molecule has 1 aliphatic heterocycles. The summed E-state index contributed by atoms with van der Waals surface area (Å²) in [4.78, 5) is 2.51. The zero-order valence-corrected chi connectivity index (χ0v) is 9.02. The Bertz CT molecular complexity index is 212. The zero-order valence-electron chi connectivity index (χ0n) is 9.02. The van der Waals surface area contributed by atoms with E-state index in [1.807, 2.05) is 0 Å². The molecule has 1 N–H and O–H groups in total. The molecule has 1 saturated heterocycles. The van der Waals surface area contributed by atoms with Gasteiger partial charge in [0.15, 0.2) is 0 Å². The van der Waals surface area contributed by atoms with Gasteiger partial charge in [-0.1, -0.05) is 0 Å². The highest BCUT2D eigenvalue weighted by Crippen LogP contribution is 2.55. The Morgan fingerprint density at radius 3 is 2.29 bits per heavy atom. The molecular weight excluding hydrogens is 174 g/mol. The Labute approximate surface area is 86.3 Å². The van der Waals surface area contributed by atoms with Gasteiger partial charge >= 0.3 is 0 Å². The number of fused-ring (bicyclic) bond motifs is 5. The fourth-order valence-electron chi connectivity index (χ4n) is 4.19. The maximum absolute atomic E-state index is 9.16. The predicted molar refractivity (Wildman–Crippen MR) is 55.9 cm³/mol. The first kappa shape index (κ1) is 9.17. The molecule has 5 atom stereocenters. The van der Waals surface area contributed by atoms with Crippen LogP contribution in [0.5, 0.6) is 0 Å². The number of aliphatic hydroxyl groups excluding tert-OH is 1. The van der Waals surface area contributed by atoms with Crippen molar-refractivity contribution in [2.24, 2.45) is 23.7 Å². The third-order valence-corrected chi connectivity index (χ3v) is 5.05. The molecule has 3 fully saturated rings. The van der Waals surface area contributed by atoms with E-state index in [-0.39, 0.29) is 0 Å². The fourth-order valence-corrected chi connectivity index (χ4v) is 4.19. The highest BCUT2D eigenvalue weighted by atomic mass is 16.3. The van der Waals surface area contributed by atoms with Crippen LogP contribution >= 0.6 is 0 Å². The number of likely N-dealkylation sites (tertiary alicyclic amines) is 1. The molecule has 3 rings (SSSR count). The fraction of sp³-hybridized carbons (Fsp3) is 1.00. The Balaban J connectivity index is 1.70. The van der Waals surface area contributed by atoms with Gasteiger partial charge in [0, 0.05) is 19.1 Å². The molecule has 2 nitrogen and oxygen atoms in total. The largest absolute Gasteiger partial charge is 0.395 e. The average molecular weight is 195 g/mol. The molecule has 14 heavy (non-hydrogen) atoms. The highest BCUT2D eigenvalue weighted by molar-refractivity contribution is 5.02. The van der Waals surface area contributed by atoms with Crippen LogP contribution in [0.1, 0.15) is 26.2 Å². The van der Waals surface area contributed by atoms with Crippen LogP contribution in [-0.4, -0.2) is 35.7 Å². The number of hydrogen-bond donors (Lipinski definition) is 1. The molecule has 3 aliphatic rings. The molecule has 2 saturated carbocycles. The van der Waals surface area contributed by atoms with Crippen molar-refractivity contribution in [1.29, 1.82) is 0 Å². The van der Waals surface area contributed by atoms with Crippen LogP contribution in [0.3, 0.4) is 0 Å². The summed E-state index contributed by atoms with van der Waals surface area (Å²) in [5, 5.41) is 9.16. The molecule has 2 bridgehead atoms. The Morgan fingerprint density at radius 2 is 1.79 bits per heavy atom. The molecular formula is C12H21NO. The smallest absolute Gasteiger partial charge is 0.0584 e. The van der Waals surface area contributed by atoms with Crippen molar-refractivity contribution in [1.82, 2.24) is 4.90 Å². The van der Waals surface area contributed by atoms with Crippen molar-refractivity contribution in [2.45, 2.75) is 32.2 Å². The Hall–Kier alpha value is -0.0800. The molecule has 2 heteroatoms. The minimum atomic E-state index is 0.328. The van der Waals surface area contributed by atoms with E-state index >= 15 is 0 Å². The quantitative estimate of drug-likeness (QED) is 0.719. The van der Waals surface area contributed by atoms with E-state index < -0.39 is 0 Å². The molecule has 5 unspecified atom stereocenters. The van der Waals surface area contributed by atoms with Crippen molar-refractivity contribution >= 4 is 0 Å². The average Bonchev–Trinajstić information content (AvgIpc) is 2.87. The van der Waals surface area contributed by atoms with Crippen LogP contribution in [0, 0.1) is 23.7 Å². The summed E-state index contributed by atoms with van der Waals surface area (Å²) in [6.45, 7) is 5.03. The summed E-state index contributed by atoms with van der Waals surface area (Å²) < 4.78 is 0. The molecule has 0 aromatic heterocycles. The van der Waals surface area contributed by atoms with Gasteiger partial charge in [-0.2, -0.15) is 0 Å². The SMILES string of the molecule is CC(CO)N1CC2C3CCC(C3)C2C1. The van der Waals surface area contributed by atoms with Crippen LogP contribution in [0.25, 0.3) is 0 Å². The van der Waals surface area contributed by atoms with Gasteiger partial charge in [0.25, 0.3) is 0 Å². The second-order valence-electron chi connectivity index (χ2n) is 5.65. The van der Waals surface area contributed by atoms with E-state index in [0.29, 0.717) is 12.6 Å². The van der Waals surface area contributed by atoms with Gasteiger partial charge in [-0.15, -0.1) is 0 Å². The summed E-state index contributed by atoms with van der Waals surface area (Å²) in [5.74, 6) is 4.06. The normalized spacial score (nSPS) is 48.4. The predicted octanol–water partition coefficient (Wildman–Crippen LogP) is 1.35. The standard InChI is InChI=1S/C12H21NO/c1-8(7-14)13-5-11-9-2-3-10(4-9)12(11)6-13/h8-12,14H,2-7H2,1H3. The zero-order chi connectivity index (χ0) is 9.71. The van der Waals surface area contributed by atoms with Gasteiger partial charge in [0.2, 0.25) is 0 Å². The summed E-state index contributed by atoms with van der Waals surface area (Å²) in [7, 11) is 0. The summed E-state index contributed by atoms with van der Waals surface area (Å²) >= 11 is 0. The van der Waals surface area contributed by atoms with Crippen LogP contribution < -0.4 is 0 Å². The van der Waals surface area contributed by atoms with Gasteiger partial charge in [0.05, 0.1) is 6.61 Å². The summed E-state index contributed by atoms with van der Waals surface area (Å²) in [6, 6.07) is 0.389. The van der Waals surface area contributed by atoms with Crippen molar-refractivity contribution < 1.29 is 5.11 Å². The lowest BCUT2D eigenvalue weighted by atomic mass is 9.82. The molecule has 1 heterocycles. The first-order valence-corrected chi connectivity index (χ1v) is 6.14. The van der Waals surface area contributed by atoms with E-state index in [1.54, 1.807) is 0 Å². The van der Waals surface area contributed by atoms with E-state index in [0.717, 1.165) is 23.7 Å². The molecule has 0 aromatic carbocycles. The van der Waals surface area contributed by atoms with Crippen molar-refractivity contribution in [3.63, 3.8) is 0 Å². The van der Waals surface area contributed by atoms with Crippen molar-refractivity contribution in [3.05, 3.63) is 0 Å². The molecule has 0 spiro atoms. The minimum Gasteiger partial charge on any atom is -0.395 e. The van der Waals surface area contributed by atoms with E-state index in [1.165, 1.54) is 32.4 Å². The molecule has 80 valence electrons. The molecule has 2 aliphatic carbocycles. The lowest BCUT2D eigenvalue weighted by Gasteiger charge is -2.23. The lowest BCUT2D eigenvalue weighted by Crippen LogP contribution is -2.34. The van der Waals surface area contributed by atoms with Crippen LogP contribution in [0.15, 0.2) is 0 Å². The van der Waals surface area contributed by atoms with Gasteiger partial charge in [-0.05, 0) is 49.9 Å². The topological polar surface area (TPSA) is 23.5 Å². The number of aliphatic hydroxyl groups is 1. The Morgan fingerprint density at radius 1 is 1.21 bits per heavy atom. The second-order valence-corrected chi connectivity index (χ2v) is 5.65. The van der Waals surface area contributed by atoms with Crippen molar-refractivity contribution in [2.75, 3.05) is 19.7 Å². The monoisotopic (exact) mass is 195 g/mol. The van der Waals surface area contributed by atoms with Crippen LogP contribution in [0.2, 0.25) is 0 Å². The van der Waals surface area contributed by atoms with E-state index in [9.17, 15) is 0 Å². The third kappa shape index (κ3) is 1.17. The Kier molecular flexibility index (Phi) is 2.10. The maximum Gasteiger partial charge on any atom is 0.0584 e. The maximum atomic E-state index is 9.16. The summed E-state index contributed by atoms with van der Waals surface area (Å²) in [6.07, 6.45) is 4.51. The van der Waals surface area contributed by atoms with Crippen LogP contribution in [0.4, 0.5) is 0 Å². The number of rotatable bonds is 2. The minimum absolute atomic E-state index is 0.328. The summed E-state index contributed by atoms with van der Waals surface area (Å²) in [5.41, 5.74) is 0. The van der Waals surface area contributed by atoms with E-state index in [4.69, 9.17) is 5.11 Å². The third-order valence-electron chi connectivity index (χ3n) is 5.05. The first-order chi connectivity index (χ1) is 6.79. The van der Waals surface area contributed by atoms with Gasteiger partial charge in [-0.3, -0.25) is 4.90 Å². The second kappa shape index (κ2) is 3.21. The van der Waals surface area contributed by atoms with Gasteiger partial charge < -0.3 is 5.11 Å². The highest BCUT2D eigenvalue weighted by Gasteiger charge is 2.51. The number of hydrogen-bond acceptors (Lipinski definition) is 2. The molecule has 0 amide bonds. The van der Waals surface area contributed by atoms with E-state index in [2.05, 4.69) is 11.8 Å². The van der Waals surface area contributed by atoms with Crippen molar-refractivity contribution in [3.8, 4) is 0 Å². The van der Waals surface area contributed by atoms with Crippen LogP contribution in [-0.2, 0) is 0 Å².